The molecule has 0 bridgehead atoms. The molecule has 1 rings (SSSR count). The summed E-state index contributed by atoms with van der Waals surface area (Å²) in [5.41, 5.74) is -1.75. The molecule has 0 radical (unpaired) electrons. The van der Waals surface area contributed by atoms with Crippen LogP contribution in [0.25, 0.3) is 0 Å². The number of carbonyl (C=O) groups is 3. The summed E-state index contributed by atoms with van der Waals surface area (Å²) >= 11 is 0. The quantitative estimate of drug-likeness (QED) is 0.764. The maximum atomic E-state index is 12.0. The number of benzene rings is 1. The van der Waals surface area contributed by atoms with E-state index in [1.165, 1.54) is 0 Å². The highest BCUT2D eigenvalue weighted by molar-refractivity contribution is 5.82. The second-order valence-corrected chi connectivity index (χ2v) is 7.37. The average molecular weight is 351 g/mol. The van der Waals surface area contributed by atoms with Crippen molar-refractivity contribution in [1.29, 1.82) is 0 Å². The van der Waals surface area contributed by atoms with Gasteiger partial charge in [-0.05, 0) is 32.9 Å². The molecule has 7 heteroatoms. The van der Waals surface area contributed by atoms with E-state index in [0.717, 1.165) is 0 Å². The van der Waals surface area contributed by atoms with E-state index >= 15 is 0 Å². The first-order valence-corrected chi connectivity index (χ1v) is 7.89. The summed E-state index contributed by atoms with van der Waals surface area (Å²) < 4.78 is 10.3. The Morgan fingerprint density at radius 1 is 1.08 bits per heavy atom. The molecule has 0 fully saturated rings. The van der Waals surface area contributed by atoms with Gasteiger partial charge in [-0.2, -0.15) is 0 Å². The first-order valence-electron chi connectivity index (χ1n) is 7.89. The zero-order valence-electron chi connectivity index (χ0n) is 15.2. The van der Waals surface area contributed by atoms with Gasteiger partial charge in [-0.3, -0.25) is 4.79 Å². The largest absolute Gasteiger partial charge is 0.480 e. The normalized spacial score (nSPS) is 12.8. The maximum absolute atomic E-state index is 12.0. The topological polar surface area (TPSA) is 102 Å². The summed E-state index contributed by atoms with van der Waals surface area (Å²) in [5, 5.41) is 11.8. The number of ether oxygens (including phenoxy) is 2. The summed E-state index contributed by atoms with van der Waals surface area (Å²) in [6, 6.07) is 6.95. The number of nitrogens with one attached hydrogen (secondary N) is 1. The number of hydrogen-bond donors (Lipinski definition) is 2. The Hall–Kier alpha value is -2.57. The molecule has 1 amide bonds. The van der Waals surface area contributed by atoms with Gasteiger partial charge >= 0.3 is 18.0 Å². The van der Waals surface area contributed by atoms with Crippen LogP contribution in [-0.4, -0.2) is 34.8 Å². The van der Waals surface area contributed by atoms with Gasteiger partial charge in [-0.15, -0.1) is 0 Å². The summed E-state index contributed by atoms with van der Waals surface area (Å²) in [7, 11) is 0. The van der Waals surface area contributed by atoms with Crippen molar-refractivity contribution in [2.75, 3.05) is 0 Å². The third-order valence-corrected chi connectivity index (χ3v) is 3.26. The van der Waals surface area contributed by atoms with E-state index in [1.807, 2.05) is 0 Å². The van der Waals surface area contributed by atoms with Gasteiger partial charge in [0.05, 0.1) is 6.42 Å². The highest BCUT2D eigenvalue weighted by Gasteiger charge is 2.39. The lowest BCUT2D eigenvalue weighted by Gasteiger charge is -2.32. The van der Waals surface area contributed by atoms with E-state index in [4.69, 9.17) is 9.47 Å². The van der Waals surface area contributed by atoms with E-state index < -0.39 is 35.1 Å². The predicted octanol–water partition coefficient (Wildman–Crippen LogP) is 2.99. The van der Waals surface area contributed by atoms with Crippen molar-refractivity contribution in [3.63, 3.8) is 0 Å². The van der Waals surface area contributed by atoms with Crippen LogP contribution in [0.2, 0.25) is 0 Å². The fraction of sp³-hybridized carbons (Fsp3) is 0.500. The second kappa shape index (κ2) is 8.00. The summed E-state index contributed by atoms with van der Waals surface area (Å²) in [4.78, 5) is 35.6. The van der Waals surface area contributed by atoms with Crippen LogP contribution >= 0.6 is 0 Å². The van der Waals surface area contributed by atoms with Crippen LogP contribution in [0, 0.1) is 5.41 Å². The third kappa shape index (κ3) is 7.24. The number of aliphatic carboxylic acids is 1. The molecule has 0 heterocycles. The Morgan fingerprint density at radius 2 is 1.64 bits per heavy atom. The minimum absolute atomic E-state index is 0.174. The molecule has 2 N–H and O–H groups in total. The molecular weight excluding hydrogens is 326 g/mol. The van der Waals surface area contributed by atoms with E-state index in [2.05, 4.69) is 5.32 Å². The molecule has 0 aliphatic rings. The lowest BCUT2D eigenvalue weighted by Crippen LogP contribution is -2.52. The molecule has 138 valence electrons. The van der Waals surface area contributed by atoms with E-state index in [-0.39, 0.29) is 12.2 Å². The molecule has 0 saturated carbocycles. The lowest BCUT2D eigenvalue weighted by atomic mass is 9.81. The first kappa shape index (κ1) is 20.5. The van der Waals surface area contributed by atoms with Gasteiger partial charge < -0.3 is 19.9 Å². The van der Waals surface area contributed by atoms with Crippen LogP contribution in [0.3, 0.4) is 0 Å². The Balaban J connectivity index is 2.78. The van der Waals surface area contributed by atoms with E-state index in [1.54, 1.807) is 65.0 Å². The molecule has 7 nitrogen and oxygen atoms in total. The monoisotopic (exact) mass is 351 g/mol. The summed E-state index contributed by atoms with van der Waals surface area (Å²) in [5.74, 6) is -1.52. The van der Waals surface area contributed by atoms with Crippen molar-refractivity contribution in [2.24, 2.45) is 5.41 Å². The molecule has 25 heavy (non-hydrogen) atoms. The van der Waals surface area contributed by atoms with Crippen LogP contribution < -0.4 is 10.1 Å². The van der Waals surface area contributed by atoms with Crippen molar-refractivity contribution in [1.82, 2.24) is 5.32 Å². The minimum atomic E-state index is -1.32. The van der Waals surface area contributed by atoms with Crippen LogP contribution in [0.15, 0.2) is 30.3 Å². The van der Waals surface area contributed by atoms with Crippen LogP contribution in [0.5, 0.6) is 5.75 Å². The van der Waals surface area contributed by atoms with Crippen LogP contribution in [-0.2, 0) is 14.3 Å². The van der Waals surface area contributed by atoms with Gasteiger partial charge in [0.25, 0.3) is 0 Å². The van der Waals surface area contributed by atoms with Crippen LogP contribution in [0.1, 0.15) is 41.0 Å². The molecule has 1 aromatic carbocycles. The first-order chi connectivity index (χ1) is 11.4. The number of carboxylic acid groups (broad SMARTS) is 1. The van der Waals surface area contributed by atoms with Gasteiger partial charge in [-0.25, -0.2) is 9.59 Å². The Labute approximate surface area is 147 Å². The van der Waals surface area contributed by atoms with Crippen molar-refractivity contribution >= 4 is 18.0 Å². The van der Waals surface area contributed by atoms with Gasteiger partial charge in [0.15, 0.2) is 0 Å². The zero-order valence-corrected chi connectivity index (χ0v) is 15.2. The Kier molecular flexibility index (Phi) is 6.55. The van der Waals surface area contributed by atoms with Crippen molar-refractivity contribution in [3.8, 4) is 5.75 Å². The number of carbonyl (C=O) groups excluding carboxylic acids is 2. The van der Waals surface area contributed by atoms with E-state index in [0.29, 0.717) is 0 Å². The maximum Gasteiger partial charge on any atom is 0.413 e. The fourth-order valence-corrected chi connectivity index (χ4v) is 2.19. The highest BCUT2D eigenvalue weighted by atomic mass is 16.6. The zero-order chi connectivity index (χ0) is 19.3. The van der Waals surface area contributed by atoms with Gasteiger partial charge in [0.2, 0.25) is 0 Å². The highest BCUT2D eigenvalue weighted by Crippen LogP contribution is 2.27. The molecule has 0 aliphatic heterocycles. The number of carboxylic acids is 1. The molecule has 1 aromatic rings. The Bertz CT molecular complexity index is 618. The van der Waals surface area contributed by atoms with Crippen molar-refractivity contribution in [2.45, 2.75) is 52.7 Å². The number of para-hydroxylation sites is 1. The number of esters is 1. The molecule has 1 atom stereocenters. The standard InChI is InChI=1S/C18H25NO6/c1-17(2,3)25-13(20)11-18(4,5)14(15(21)22)19-16(23)24-12-9-7-6-8-10-12/h6-10,14H,11H2,1-5H3,(H,19,23)(H,21,22)/t14-/m0/s1. The number of rotatable bonds is 6. The predicted molar refractivity (Wildman–Crippen MR) is 91.3 cm³/mol. The number of amides is 1. The van der Waals surface area contributed by atoms with Gasteiger partial charge in [-0.1, -0.05) is 32.0 Å². The molecule has 0 aliphatic carbocycles. The van der Waals surface area contributed by atoms with Gasteiger partial charge in [0.1, 0.15) is 17.4 Å². The summed E-state index contributed by atoms with van der Waals surface area (Å²) in [6.45, 7) is 8.31. The van der Waals surface area contributed by atoms with E-state index in [9.17, 15) is 19.5 Å². The summed E-state index contributed by atoms with van der Waals surface area (Å²) in [6.07, 6.45) is -1.08. The van der Waals surface area contributed by atoms with Crippen molar-refractivity contribution < 1.29 is 29.0 Å². The Morgan fingerprint density at radius 3 is 2.12 bits per heavy atom. The third-order valence-electron chi connectivity index (χ3n) is 3.26. The van der Waals surface area contributed by atoms with Crippen LogP contribution in [0.4, 0.5) is 4.79 Å². The lowest BCUT2D eigenvalue weighted by molar-refractivity contribution is -0.158. The second-order valence-electron chi connectivity index (χ2n) is 7.37. The van der Waals surface area contributed by atoms with Crippen molar-refractivity contribution in [3.05, 3.63) is 30.3 Å². The smallest absolute Gasteiger partial charge is 0.413 e. The number of hydrogen-bond acceptors (Lipinski definition) is 5. The molecule has 0 aromatic heterocycles. The molecular formula is C18H25NO6. The average Bonchev–Trinajstić information content (AvgIpc) is 2.42. The molecule has 0 saturated heterocycles. The fourth-order valence-electron chi connectivity index (χ4n) is 2.19. The molecule has 0 spiro atoms. The van der Waals surface area contributed by atoms with Gasteiger partial charge in [0, 0.05) is 5.41 Å². The SMILES string of the molecule is CC(C)(C)OC(=O)CC(C)(C)[C@@H](NC(=O)Oc1ccccc1)C(=O)O. The molecule has 0 unspecified atom stereocenters. The minimum Gasteiger partial charge on any atom is -0.480 e.